The minimum Gasteiger partial charge on any atom is -0.493 e. The molecule has 1 N–H and O–H groups in total. The second-order valence-corrected chi connectivity index (χ2v) is 7.52. The number of nitrogens with one attached hydrogen (secondary N) is 1. The molecule has 0 atom stereocenters. The summed E-state index contributed by atoms with van der Waals surface area (Å²) in [5.41, 5.74) is 2.29. The van der Waals surface area contributed by atoms with E-state index in [-0.39, 0.29) is 0 Å². The van der Waals surface area contributed by atoms with Crippen LogP contribution in [0.5, 0.6) is 17.2 Å². The van der Waals surface area contributed by atoms with E-state index in [9.17, 15) is 0 Å². The van der Waals surface area contributed by atoms with Crippen LogP contribution in [-0.4, -0.2) is 77.9 Å². The minimum atomic E-state index is 0.644. The van der Waals surface area contributed by atoms with Crippen molar-refractivity contribution in [3.05, 3.63) is 53.6 Å². The molecule has 0 aliphatic heterocycles. The maximum Gasteiger partial charge on any atom is 0.193 e. The Hall–Kier alpha value is -2.93. The van der Waals surface area contributed by atoms with E-state index in [1.807, 2.05) is 51.5 Å². The van der Waals surface area contributed by atoms with Crippen LogP contribution in [-0.2, 0) is 13.0 Å². The molecule has 0 unspecified atom stereocenters. The van der Waals surface area contributed by atoms with Crippen molar-refractivity contribution in [2.24, 2.45) is 4.99 Å². The van der Waals surface area contributed by atoms with Gasteiger partial charge in [0, 0.05) is 39.3 Å². The lowest BCUT2D eigenvalue weighted by atomic mass is 10.1. The summed E-state index contributed by atoms with van der Waals surface area (Å²) < 4.78 is 16.7. The lowest BCUT2D eigenvalue weighted by Gasteiger charge is -2.23. The van der Waals surface area contributed by atoms with Gasteiger partial charge in [-0.1, -0.05) is 24.3 Å². The van der Waals surface area contributed by atoms with E-state index in [4.69, 9.17) is 14.2 Å². The molecule has 0 bridgehead atoms. The third-order valence-corrected chi connectivity index (χ3v) is 4.96. The first-order valence-electron chi connectivity index (χ1n) is 10.5. The highest BCUT2D eigenvalue weighted by Crippen LogP contribution is 2.27. The van der Waals surface area contributed by atoms with Gasteiger partial charge in [0.1, 0.15) is 12.4 Å². The highest BCUT2D eigenvalue weighted by Gasteiger charge is 2.10. The Morgan fingerprint density at radius 3 is 2.35 bits per heavy atom. The zero-order chi connectivity index (χ0) is 22.6. The summed E-state index contributed by atoms with van der Waals surface area (Å²) in [7, 11) is 11.2. The summed E-state index contributed by atoms with van der Waals surface area (Å²) in [5.74, 6) is 3.23. The lowest BCUT2D eigenvalue weighted by molar-refractivity contribution is 0.259. The van der Waals surface area contributed by atoms with E-state index in [1.165, 1.54) is 5.56 Å². The molecule has 0 aliphatic rings. The molecule has 0 heterocycles. The quantitative estimate of drug-likeness (QED) is 0.439. The molecule has 2 rings (SSSR count). The Kier molecular flexibility index (Phi) is 9.97. The largest absolute Gasteiger partial charge is 0.493 e. The fourth-order valence-corrected chi connectivity index (χ4v) is 3.13. The van der Waals surface area contributed by atoms with Crippen molar-refractivity contribution < 1.29 is 14.2 Å². The van der Waals surface area contributed by atoms with Crippen LogP contribution in [0.1, 0.15) is 11.1 Å². The number of rotatable bonds is 11. The molecule has 7 nitrogen and oxygen atoms in total. The van der Waals surface area contributed by atoms with Gasteiger partial charge in [0.25, 0.3) is 0 Å². The molecule has 0 saturated heterocycles. The van der Waals surface area contributed by atoms with E-state index >= 15 is 0 Å². The Labute approximate surface area is 186 Å². The molecule has 7 heteroatoms. The fraction of sp³-hybridized carbons (Fsp3) is 0.458. The van der Waals surface area contributed by atoms with Crippen LogP contribution in [0.3, 0.4) is 0 Å². The maximum atomic E-state index is 5.96. The van der Waals surface area contributed by atoms with Crippen molar-refractivity contribution in [1.82, 2.24) is 15.1 Å². The molecule has 0 saturated carbocycles. The standard InChI is InChI=1S/C24H36N4O3/c1-25-24(26-18-20-9-7-8-10-21(20)31-16-15-27(2)3)28(4)14-13-19-11-12-22(29-5)23(17-19)30-6/h7-12,17H,13-16,18H2,1-6H3,(H,25,26). The predicted octanol–water partition coefficient (Wildman–Crippen LogP) is 2.89. The number of para-hydroxylation sites is 1. The topological polar surface area (TPSA) is 58.6 Å². The van der Waals surface area contributed by atoms with Crippen LogP contribution in [0, 0.1) is 0 Å². The SMILES string of the molecule is CN=C(NCc1ccccc1OCCN(C)C)N(C)CCc1ccc(OC)c(OC)c1. The summed E-state index contributed by atoms with van der Waals surface area (Å²) in [4.78, 5) is 8.66. The van der Waals surface area contributed by atoms with E-state index in [0.717, 1.165) is 48.3 Å². The van der Waals surface area contributed by atoms with Gasteiger partial charge in [0.2, 0.25) is 0 Å². The number of benzene rings is 2. The molecular formula is C24H36N4O3. The van der Waals surface area contributed by atoms with Crippen molar-refractivity contribution >= 4 is 5.96 Å². The van der Waals surface area contributed by atoms with Gasteiger partial charge < -0.3 is 29.3 Å². The Morgan fingerprint density at radius 2 is 1.68 bits per heavy atom. The molecule has 2 aromatic carbocycles. The molecule has 0 fully saturated rings. The first-order chi connectivity index (χ1) is 15.0. The van der Waals surface area contributed by atoms with Crippen LogP contribution in [0.4, 0.5) is 0 Å². The number of guanidine groups is 1. The molecular weight excluding hydrogens is 392 g/mol. The second-order valence-electron chi connectivity index (χ2n) is 7.52. The highest BCUT2D eigenvalue weighted by atomic mass is 16.5. The molecule has 31 heavy (non-hydrogen) atoms. The van der Waals surface area contributed by atoms with Crippen molar-refractivity contribution in [2.75, 3.05) is 62.1 Å². The highest BCUT2D eigenvalue weighted by molar-refractivity contribution is 5.79. The molecule has 0 spiro atoms. The average Bonchev–Trinajstić information content (AvgIpc) is 2.78. The van der Waals surface area contributed by atoms with Gasteiger partial charge >= 0.3 is 0 Å². The third kappa shape index (κ3) is 7.68. The second kappa shape index (κ2) is 12.7. The first kappa shape index (κ1) is 24.3. The van der Waals surface area contributed by atoms with E-state index in [0.29, 0.717) is 13.2 Å². The number of methoxy groups -OCH3 is 2. The molecule has 0 aromatic heterocycles. The monoisotopic (exact) mass is 428 g/mol. The van der Waals surface area contributed by atoms with Crippen molar-refractivity contribution in [3.8, 4) is 17.2 Å². The zero-order valence-electron chi connectivity index (χ0n) is 19.6. The fourth-order valence-electron chi connectivity index (χ4n) is 3.13. The van der Waals surface area contributed by atoms with Crippen LogP contribution < -0.4 is 19.5 Å². The van der Waals surface area contributed by atoms with Gasteiger partial charge in [-0.2, -0.15) is 0 Å². The number of nitrogens with zero attached hydrogens (tertiary/aromatic N) is 3. The van der Waals surface area contributed by atoms with Crippen molar-refractivity contribution in [2.45, 2.75) is 13.0 Å². The zero-order valence-corrected chi connectivity index (χ0v) is 19.6. The van der Waals surface area contributed by atoms with E-state index in [2.05, 4.69) is 32.2 Å². The Morgan fingerprint density at radius 1 is 0.935 bits per heavy atom. The van der Waals surface area contributed by atoms with Crippen LogP contribution in [0.2, 0.25) is 0 Å². The van der Waals surface area contributed by atoms with E-state index < -0.39 is 0 Å². The van der Waals surface area contributed by atoms with Gasteiger partial charge in [-0.3, -0.25) is 4.99 Å². The number of aliphatic imine (C=N–C) groups is 1. The average molecular weight is 429 g/mol. The van der Waals surface area contributed by atoms with Crippen LogP contribution in [0.25, 0.3) is 0 Å². The maximum absolute atomic E-state index is 5.96. The number of ether oxygens (including phenoxy) is 3. The van der Waals surface area contributed by atoms with Crippen molar-refractivity contribution in [3.63, 3.8) is 0 Å². The predicted molar refractivity (Wildman–Crippen MR) is 127 cm³/mol. The van der Waals surface area contributed by atoms with Gasteiger partial charge in [0.05, 0.1) is 14.2 Å². The smallest absolute Gasteiger partial charge is 0.193 e. The van der Waals surface area contributed by atoms with E-state index in [1.54, 1.807) is 21.3 Å². The summed E-state index contributed by atoms with van der Waals surface area (Å²) in [6, 6.07) is 14.1. The minimum absolute atomic E-state index is 0.644. The first-order valence-corrected chi connectivity index (χ1v) is 10.5. The number of hydrogen-bond acceptors (Lipinski definition) is 5. The van der Waals surface area contributed by atoms with Gasteiger partial charge in [0.15, 0.2) is 17.5 Å². The molecule has 0 aliphatic carbocycles. The lowest BCUT2D eigenvalue weighted by Crippen LogP contribution is -2.39. The summed E-state index contributed by atoms with van der Waals surface area (Å²) in [6.07, 6.45) is 0.863. The van der Waals surface area contributed by atoms with Gasteiger partial charge in [-0.15, -0.1) is 0 Å². The number of hydrogen-bond donors (Lipinski definition) is 1. The van der Waals surface area contributed by atoms with Crippen LogP contribution in [0.15, 0.2) is 47.5 Å². The molecule has 0 radical (unpaired) electrons. The third-order valence-electron chi connectivity index (χ3n) is 4.96. The summed E-state index contributed by atoms with van der Waals surface area (Å²) in [5, 5.41) is 3.44. The molecule has 170 valence electrons. The summed E-state index contributed by atoms with van der Waals surface area (Å²) >= 11 is 0. The Balaban J connectivity index is 1.92. The normalized spacial score (nSPS) is 11.4. The Bertz CT molecular complexity index is 839. The van der Waals surface area contributed by atoms with Gasteiger partial charge in [-0.05, 0) is 44.3 Å². The number of likely N-dealkylation sites (N-methyl/N-ethyl adjacent to an activating group) is 2. The van der Waals surface area contributed by atoms with Crippen LogP contribution >= 0.6 is 0 Å². The molecule has 0 amide bonds. The van der Waals surface area contributed by atoms with Gasteiger partial charge in [-0.25, -0.2) is 0 Å². The summed E-state index contributed by atoms with van der Waals surface area (Å²) in [6.45, 7) is 2.99. The molecule has 2 aromatic rings. The van der Waals surface area contributed by atoms with Crippen molar-refractivity contribution in [1.29, 1.82) is 0 Å².